The number of hydrogen-bond acceptors (Lipinski definition) is 4. The number of amides is 1. The Balaban J connectivity index is 2.50. The average molecular weight is 305 g/mol. The Kier molecular flexibility index (Phi) is 6.97. The number of hydrogen-bond donors (Lipinski definition) is 3. The normalized spacial score (nSPS) is 11.1. The summed E-state index contributed by atoms with van der Waals surface area (Å²) in [5.41, 5.74) is 5.73. The molecule has 0 unspecified atom stereocenters. The van der Waals surface area contributed by atoms with Gasteiger partial charge in [-0.05, 0) is 18.2 Å². The lowest BCUT2D eigenvalue weighted by Gasteiger charge is -2.20. The second kappa shape index (κ2) is 8.48. The molecule has 8 heteroatoms. The van der Waals surface area contributed by atoms with Crippen molar-refractivity contribution in [3.05, 3.63) is 24.0 Å². The standard InChI is InChI=1S/C13H18F3N3O2/c14-10-2-1-9(17)7-11(10)18-13(21)3-4-19(5-6-20)8-12(15)16/h1-2,7,12,20H,3-6,8,17H2,(H,18,21). The summed E-state index contributed by atoms with van der Waals surface area (Å²) in [5.74, 6) is -1.14. The lowest BCUT2D eigenvalue weighted by Crippen LogP contribution is -2.34. The first kappa shape index (κ1) is 17.3. The maximum Gasteiger partial charge on any atom is 0.251 e. The smallest absolute Gasteiger partial charge is 0.251 e. The second-order valence-electron chi connectivity index (χ2n) is 4.45. The van der Waals surface area contributed by atoms with Gasteiger partial charge in [0.2, 0.25) is 5.91 Å². The summed E-state index contributed by atoms with van der Waals surface area (Å²) in [6, 6.07) is 3.76. The minimum absolute atomic E-state index is 0.0423. The molecule has 118 valence electrons. The summed E-state index contributed by atoms with van der Waals surface area (Å²) in [6.45, 7) is -0.719. The van der Waals surface area contributed by atoms with Gasteiger partial charge in [-0.25, -0.2) is 13.2 Å². The molecule has 0 radical (unpaired) electrons. The van der Waals surface area contributed by atoms with E-state index >= 15 is 0 Å². The monoisotopic (exact) mass is 305 g/mol. The van der Waals surface area contributed by atoms with Crippen LogP contribution in [0.2, 0.25) is 0 Å². The Bertz CT molecular complexity index is 472. The van der Waals surface area contributed by atoms with E-state index in [-0.39, 0.29) is 31.8 Å². The summed E-state index contributed by atoms with van der Waals surface area (Å²) in [6.07, 6.45) is -2.65. The molecule has 1 aromatic rings. The van der Waals surface area contributed by atoms with Gasteiger partial charge in [0.25, 0.3) is 6.43 Å². The van der Waals surface area contributed by atoms with Crippen LogP contribution in [0, 0.1) is 5.82 Å². The van der Waals surface area contributed by atoms with Crippen molar-refractivity contribution >= 4 is 17.3 Å². The van der Waals surface area contributed by atoms with Crippen LogP contribution < -0.4 is 11.1 Å². The van der Waals surface area contributed by atoms with Gasteiger partial charge in [-0.1, -0.05) is 0 Å². The molecule has 0 spiro atoms. The van der Waals surface area contributed by atoms with Crippen LogP contribution in [0.25, 0.3) is 0 Å². The Morgan fingerprint density at radius 3 is 2.71 bits per heavy atom. The van der Waals surface area contributed by atoms with Crippen molar-refractivity contribution in [2.24, 2.45) is 0 Å². The highest BCUT2D eigenvalue weighted by Gasteiger charge is 2.14. The van der Waals surface area contributed by atoms with Gasteiger partial charge in [0.15, 0.2) is 0 Å². The van der Waals surface area contributed by atoms with Crippen LogP contribution in [0.15, 0.2) is 18.2 Å². The van der Waals surface area contributed by atoms with E-state index in [2.05, 4.69) is 5.32 Å². The van der Waals surface area contributed by atoms with E-state index in [1.54, 1.807) is 0 Å². The summed E-state index contributed by atoms with van der Waals surface area (Å²) in [7, 11) is 0. The molecule has 0 heterocycles. The van der Waals surface area contributed by atoms with Crippen molar-refractivity contribution in [3.8, 4) is 0 Å². The molecule has 0 saturated heterocycles. The number of nitrogens with one attached hydrogen (secondary N) is 1. The molecular formula is C13H18F3N3O2. The van der Waals surface area contributed by atoms with Crippen LogP contribution in [0.4, 0.5) is 24.5 Å². The third kappa shape index (κ3) is 6.46. The second-order valence-corrected chi connectivity index (χ2v) is 4.45. The molecule has 0 atom stereocenters. The largest absolute Gasteiger partial charge is 0.399 e. The van der Waals surface area contributed by atoms with Crippen molar-refractivity contribution < 1.29 is 23.1 Å². The van der Waals surface area contributed by atoms with E-state index in [4.69, 9.17) is 10.8 Å². The molecule has 1 amide bonds. The molecular weight excluding hydrogens is 287 g/mol. The van der Waals surface area contributed by atoms with Gasteiger partial charge >= 0.3 is 0 Å². The molecule has 0 aromatic heterocycles. The molecule has 0 aliphatic heterocycles. The lowest BCUT2D eigenvalue weighted by molar-refractivity contribution is -0.116. The molecule has 0 bridgehead atoms. The van der Waals surface area contributed by atoms with Crippen LogP contribution in [0.1, 0.15) is 6.42 Å². The van der Waals surface area contributed by atoms with Gasteiger partial charge in [-0.15, -0.1) is 0 Å². The maximum absolute atomic E-state index is 13.4. The third-order valence-corrected chi connectivity index (χ3v) is 2.73. The Morgan fingerprint density at radius 2 is 2.10 bits per heavy atom. The van der Waals surface area contributed by atoms with Gasteiger partial charge in [0.05, 0.1) is 18.8 Å². The van der Waals surface area contributed by atoms with Gasteiger partial charge in [-0.3, -0.25) is 9.69 Å². The first-order valence-electron chi connectivity index (χ1n) is 6.38. The number of alkyl halides is 2. The number of aliphatic hydroxyl groups is 1. The number of nitrogen functional groups attached to an aromatic ring is 1. The number of nitrogens with two attached hydrogens (primary N) is 1. The summed E-state index contributed by atoms with van der Waals surface area (Å²) in [5, 5.41) is 11.1. The first-order valence-corrected chi connectivity index (χ1v) is 6.38. The first-order chi connectivity index (χ1) is 9.92. The van der Waals surface area contributed by atoms with Crippen molar-refractivity contribution in [2.45, 2.75) is 12.8 Å². The van der Waals surface area contributed by atoms with Gasteiger partial charge in [0.1, 0.15) is 5.82 Å². The summed E-state index contributed by atoms with van der Waals surface area (Å²) < 4.78 is 38.0. The van der Waals surface area contributed by atoms with E-state index < -0.39 is 24.7 Å². The minimum Gasteiger partial charge on any atom is -0.399 e. The van der Waals surface area contributed by atoms with Crippen LogP contribution >= 0.6 is 0 Å². The average Bonchev–Trinajstić information content (AvgIpc) is 2.40. The molecule has 0 saturated carbocycles. The lowest BCUT2D eigenvalue weighted by atomic mass is 10.2. The zero-order chi connectivity index (χ0) is 15.8. The van der Waals surface area contributed by atoms with E-state index in [1.165, 1.54) is 17.0 Å². The Labute approximate surface area is 120 Å². The molecule has 0 fully saturated rings. The zero-order valence-electron chi connectivity index (χ0n) is 11.4. The topological polar surface area (TPSA) is 78.6 Å². The molecule has 1 aromatic carbocycles. The molecule has 1 rings (SSSR count). The number of halogens is 3. The van der Waals surface area contributed by atoms with Gasteiger partial charge in [-0.2, -0.15) is 0 Å². The van der Waals surface area contributed by atoms with Crippen molar-refractivity contribution in [1.82, 2.24) is 4.90 Å². The molecule has 4 N–H and O–H groups in total. The van der Waals surface area contributed by atoms with E-state index in [1.807, 2.05) is 0 Å². The minimum atomic E-state index is -2.55. The molecule has 5 nitrogen and oxygen atoms in total. The van der Waals surface area contributed by atoms with Crippen LogP contribution in [0.5, 0.6) is 0 Å². The fourth-order valence-electron chi connectivity index (χ4n) is 1.74. The van der Waals surface area contributed by atoms with Crippen molar-refractivity contribution in [2.75, 3.05) is 37.3 Å². The SMILES string of the molecule is Nc1ccc(F)c(NC(=O)CCN(CCO)CC(F)F)c1. The maximum atomic E-state index is 13.4. The van der Waals surface area contributed by atoms with Crippen molar-refractivity contribution in [3.63, 3.8) is 0 Å². The highest BCUT2D eigenvalue weighted by atomic mass is 19.3. The number of aliphatic hydroxyl groups excluding tert-OH is 1. The third-order valence-electron chi connectivity index (χ3n) is 2.73. The molecule has 0 aliphatic carbocycles. The van der Waals surface area contributed by atoms with E-state index in [9.17, 15) is 18.0 Å². The fraction of sp³-hybridized carbons (Fsp3) is 0.462. The molecule has 21 heavy (non-hydrogen) atoms. The van der Waals surface area contributed by atoms with Crippen molar-refractivity contribution in [1.29, 1.82) is 0 Å². The number of rotatable bonds is 8. The van der Waals surface area contributed by atoms with Crippen LogP contribution in [0.3, 0.4) is 0 Å². The Hall–Kier alpha value is -1.80. The molecule has 0 aliphatic rings. The van der Waals surface area contributed by atoms with Crippen LogP contribution in [-0.4, -0.2) is 48.6 Å². The van der Waals surface area contributed by atoms with Gasteiger partial charge < -0.3 is 16.2 Å². The number of benzene rings is 1. The number of anilines is 2. The fourth-order valence-corrected chi connectivity index (χ4v) is 1.74. The Morgan fingerprint density at radius 1 is 1.38 bits per heavy atom. The summed E-state index contributed by atoms with van der Waals surface area (Å²) in [4.78, 5) is 12.9. The number of nitrogens with zero attached hydrogens (tertiary/aromatic N) is 1. The quantitative estimate of drug-likeness (QED) is 0.633. The van der Waals surface area contributed by atoms with Gasteiger partial charge in [0, 0.05) is 25.2 Å². The van der Waals surface area contributed by atoms with E-state index in [0.717, 1.165) is 6.07 Å². The summed E-state index contributed by atoms with van der Waals surface area (Å²) >= 11 is 0. The zero-order valence-corrected chi connectivity index (χ0v) is 11.4. The number of carbonyl (C=O) groups excluding carboxylic acids is 1. The predicted octanol–water partition coefficient (Wildman–Crippen LogP) is 1.30. The highest BCUT2D eigenvalue weighted by Crippen LogP contribution is 2.17. The van der Waals surface area contributed by atoms with Crippen LogP contribution in [-0.2, 0) is 4.79 Å². The predicted molar refractivity (Wildman–Crippen MR) is 73.6 cm³/mol. The number of carbonyl (C=O) groups is 1. The highest BCUT2D eigenvalue weighted by molar-refractivity contribution is 5.91. The van der Waals surface area contributed by atoms with E-state index in [0.29, 0.717) is 5.69 Å².